The zero-order valence-electron chi connectivity index (χ0n) is 18.2. The lowest BCUT2D eigenvalue weighted by Gasteiger charge is -2.21. The molecule has 0 aliphatic carbocycles. The summed E-state index contributed by atoms with van der Waals surface area (Å²) in [6.07, 6.45) is 0. The van der Waals surface area contributed by atoms with Gasteiger partial charge in [0.1, 0.15) is 5.54 Å². The first kappa shape index (κ1) is 21.1. The number of aromatic nitrogens is 3. The van der Waals surface area contributed by atoms with Crippen LogP contribution in [0.1, 0.15) is 23.1 Å². The van der Waals surface area contributed by atoms with Gasteiger partial charge in [-0.3, -0.25) is 9.59 Å². The summed E-state index contributed by atoms with van der Waals surface area (Å²) in [5, 5.41) is 7.68. The Balaban J connectivity index is 1.46. The fraction of sp³-hybridized carbons (Fsp3) is 0.0800. The fourth-order valence-electron chi connectivity index (χ4n) is 3.79. The van der Waals surface area contributed by atoms with Crippen LogP contribution >= 0.6 is 0 Å². The summed E-state index contributed by atoms with van der Waals surface area (Å²) in [7, 11) is 0. The van der Waals surface area contributed by atoms with Crippen molar-refractivity contribution in [2.45, 2.75) is 12.5 Å². The molecule has 4 aromatic rings. The van der Waals surface area contributed by atoms with Crippen molar-refractivity contribution in [3.8, 4) is 17.1 Å². The Morgan fingerprint density at radius 2 is 1.47 bits per heavy atom. The number of para-hydroxylation sites is 1. The van der Waals surface area contributed by atoms with E-state index in [2.05, 4.69) is 20.8 Å². The standard InChI is InChI=1S/C25H20N6O3/c1-25(18-13-7-3-8-14-18)23(33)31(24(34)27-25)29-22(32)20-26-21(17-11-5-2-6-12-17)30(28-20)19-15-9-4-10-16-19/h2-16H,1H3,(H,27,34)(H,29,32)/t25-/m0/s1. The summed E-state index contributed by atoms with van der Waals surface area (Å²) in [5.41, 5.74) is 3.11. The molecule has 1 aromatic heterocycles. The molecule has 0 saturated carbocycles. The van der Waals surface area contributed by atoms with E-state index >= 15 is 0 Å². The Morgan fingerprint density at radius 3 is 2.12 bits per heavy atom. The molecule has 9 nitrogen and oxygen atoms in total. The van der Waals surface area contributed by atoms with Crippen LogP contribution < -0.4 is 10.7 Å². The maximum Gasteiger partial charge on any atom is 0.344 e. The van der Waals surface area contributed by atoms with Crippen molar-refractivity contribution >= 4 is 17.8 Å². The Hall–Kier alpha value is -4.79. The van der Waals surface area contributed by atoms with Crippen LogP contribution in [0.3, 0.4) is 0 Å². The van der Waals surface area contributed by atoms with E-state index in [1.54, 1.807) is 35.9 Å². The van der Waals surface area contributed by atoms with E-state index in [1.165, 1.54) is 0 Å². The normalized spacial score (nSPS) is 17.5. The van der Waals surface area contributed by atoms with E-state index < -0.39 is 23.4 Å². The number of carbonyl (C=O) groups is 3. The van der Waals surface area contributed by atoms with E-state index in [-0.39, 0.29) is 5.82 Å². The highest BCUT2D eigenvalue weighted by atomic mass is 16.2. The smallest absolute Gasteiger partial charge is 0.318 e. The van der Waals surface area contributed by atoms with Gasteiger partial charge in [0.25, 0.3) is 5.91 Å². The number of hydrogen-bond acceptors (Lipinski definition) is 5. The largest absolute Gasteiger partial charge is 0.344 e. The second-order valence-corrected chi connectivity index (χ2v) is 7.88. The van der Waals surface area contributed by atoms with Gasteiger partial charge in [0.05, 0.1) is 5.69 Å². The SMILES string of the molecule is C[C@@]1(c2ccccc2)NC(=O)N(NC(=O)c2nc(-c3ccccc3)n(-c3ccccc3)n2)C1=O. The molecule has 34 heavy (non-hydrogen) atoms. The Kier molecular flexibility index (Phi) is 5.14. The van der Waals surface area contributed by atoms with Crippen LogP contribution in [0.4, 0.5) is 4.79 Å². The van der Waals surface area contributed by atoms with Gasteiger partial charge in [-0.25, -0.2) is 19.9 Å². The van der Waals surface area contributed by atoms with E-state index in [4.69, 9.17) is 0 Å². The quantitative estimate of drug-likeness (QED) is 0.453. The number of hydrazine groups is 1. The molecular formula is C25H20N6O3. The highest BCUT2D eigenvalue weighted by Gasteiger charge is 2.50. The number of benzene rings is 3. The van der Waals surface area contributed by atoms with Gasteiger partial charge in [0.15, 0.2) is 5.82 Å². The third kappa shape index (κ3) is 3.58. The Labute approximate surface area is 195 Å². The van der Waals surface area contributed by atoms with Gasteiger partial charge in [0, 0.05) is 5.56 Å². The van der Waals surface area contributed by atoms with Gasteiger partial charge >= 0.3 is 11.9 Å². The molecule has 0 spiro atoms. The molecule has 3 aromatic carbocycles. The van der Waals surface area contributed by atoms with Gasteiger partial charge in [0.2, 0.25) is 5.82 Å². The van der Waals surface area contributed by atoms with E-state index in [0.717, 1.165) is 5.56 Å². The second-order valence-electron chi connectivity index (χ2n) is 7.88. The van der Waals surface area contributed by atoms with E-state index in [1.807, 2.05) is 66.7 Å². The van der Waals surface area contributed by atoms with Crippen molar-refractivity contribution in [2.24, 2.45) is 0 Å². The van der Waals surface area contributed by atoms with Gasteiger partial charge in [-0.05, 0) is 24.6 Å². The number of amides is 4. The number of nitrogens with zero attached hydrogens (tertiary/aromatic N) is 4. The summed E-state index contributed by atoms with van der Waals surface area (Å²) in [6.45, 7) is 1.59. The van der Waals surface area contributed by atoms with Crippen molar-refractivity contribution < 1.29 is 14.4 Å². The van der Waals surface area contributed by atoms with Crippen molar-refractivity contribution in [3.05, 3.63) is 102 Å². The van der Waals surface area contributed by atoms with Gasteiger partial charge in [-0.1, -0.05) is 78.9 Å². The minimum atomic E-state index is -1.31. The predicted octanol–water partition coefficient (Wildman–Crippen LogP) is 3.05. The molecular weight excluding hydrogens is 432 g/mol. The molecule has 1 saturated heterocycles. The molecule has 2 N–H and O–H groups in total. The van der Waals surface area contributed by atoms with Crippen molar-refractivity contribution in [1.29, 1.82) is 0 Å². The van der Waals surface area contributed by atoms with Crippen molar-refractivity contribution in [3.63, 3.8) is 0 Å². The second kappa shape index (κ2) is 8.28. The summed E-state index contributed by atoms with van der Waals surface area (Å²) in [5.74, 6) is -1.13. The topological polar surface area (TPSA) is 109 Å². The van der Waals surface area contributed by atoms with Gasteiger partial charge < -0.3 is 5.32 Å². The number of carbonyl (C=O) groups excluding carboxylic acids is 3. The maximum atomic E-state index is 13.1. The molecule has 0 bridgehead atoms. The molecule has 1 fully saturated rings. The van der Waals surface area contributed by atoms with E-state index in [9.17, 15) is 14.4 Å². The average molecular weight is 452 g/mol. The van der Waals surface area contributed by atoms with Crippen LogP contribution in [0.2, 0.25) is 0 Å². The first-order valence-electron chi connectivity index (χ1n) is 10.6. The zero-order valence-corrected chi connectivity index (χ0v) is 18.2. The monoisotopic (exact) mass is 452 g/mol. The first-order valence-corrected chi connectivity index (χ1v) is 10.6. The fourth-order valence-corrected chi connectivity index (χ4v) is 3.79. The molecule has 1 aliphatic rings. The molecule has 2 heterocycles. The van der Waals surface area contributed by atoms with E-state index in [0.29, 0.717) is 22.1 Å². The number of imide groups is 1. The molecule has 5 rings (SSSR count). The minimum absolute atomic E-state index is 0.184. The summed E-state index contributed by atoms with van der Waals surface area (Å²) >= 11 is 0. The van der Waals surface area contributed by atoms with Crippen LogP contribution in [0, 0.1) is 0 Å². The van der Waals surface area contributed by atoms with Crippen molar-refractivity contribution in [1.82, 2.24) is 30.5 Å². The summed E-state index contributed by atoms with van der Waals surface area (Å²) < 4.78 is 1.55. The van der Waals surface area contributed by atoms with Crippen LogP contribution in [-0.2, 0) is 10.3 Å². The van der Waals surface area contributed by atoms with Crippen LogP contribution in [0.5, 0.6) is 0 Å². The minimum Gasteiger partial charge on any atom is -0.318 e. The average Bonchev–Trinajstić information content (AvgIpc) is 3.42. The molecule has 1 atom stereocenters. The molecule has 168 valence electrons. The van der Waals surface area contributed by atoms with Crippen LogP contribution in [0.25, 0.3) is 17.1 Å². The number of rotatable bonds is 5. The predicted molar refractivity (Wildman–Crippen MR) is 123 cm³/mol. The summed E-state index contributed by atoms with van der Waals surface area (Å²) in [6, 6.07) is 26.6. The maximum absolute atomic E-state index is 13.1. The number of nitrogens with one attached hydrogen (secondary N) is 2. The molecule has 0 unspecified atom stereocenters. The number of urea groups is 1. The third-order valence-electron chi connectivity index (χ3n) is 5.60. The Morgan fingerprint density at radius 1 is 0.882 bits per heavy atom. The lowest BCUT2D eigenvalue weighted by atomic mass is 9.92. The molecule has 4 amide bonds. The highest BCUT2D eigenvalue weighted by molar-refractivity contribution is 6.09. The third-order valence-corrected chi connectivity index (χ3v) is 5.60. The van der Waals surface area contributed by atoms with Gasteiger partial charge in [-0.15, -0.1) is 5.10 Å². The highest BCUT2D eigenvalue weighted by Crippen LogP contribution is 2.28. The van der Waals surface area contributed by atoms with Crippen molar-refractivity contribution in [2.75, 3.05) is 0 Å². The molecule has 9 heteroatoms. The number of hydrogen-bond donors (Lipinski definition) is 2. The van der Waals surface area contributed by atoms with Gasteiger partial charge in [-0.2, -0.15) is 5.01 Å². The van der Waals surface area contributed by atoms with Crippen LogP contribution in [-0.4, -0.2) is 37.6 Å². The molecule has 1 aliphatic heterocycles. The van der Waals surface area contributed by atoms with Crippen LogP contribution in [0.15, 0.2) is 91.0 Å². The lowest BCUT2D eigenvalue weighted by Crippen LogP contribution is -2.48. The summed E-state index contributed by atoms with van der Waals surface area (Å²) in [4.78, 5) is 43.1. The molecule has 0 radical (unpaired) electrons. The lowest BCUT2D eigenvalue weighted by molar-refractivity contribution is -0.132. The zero-order chi connectivity index (χ0) is 23.7. The Bertz CT molecular complexity index is 1310. The first-order chi connectivity index (χ1) is 16.5.